The number of esters is 1. The average Bonchev–Trinajstić information content (AvgIpc) is 4.23. The zero-order valence-corrected chi connectivity index (χ0v) is 48.3. The SMILES string of the molecule is COc1cc2cc(c1Cl)N(C)C(=O)C[C@H](OC(=O)[C@H](C)N(C)C(=O)CCOC(=O)N(C)CCN(C)C(=O)OC1/C=C/CC(OCCNC(=O)CSC)CCC1)[C@]1(C)OC1[C@H](C)[C@@H]1C[C@@](O)(NC(=O)O1)[C@H](OC)/C=C/C=C(\C)C2. The molecule has 0 spiro atoms. The highest BCUT2D eigenvalue weighted by Crippen LogP contribution is 2.49. The molecule has 0 aromatic heterocycles. The number of allylic oxidation sites excluding steroid dienone is 3. The number of halogens is 1. The maximum atomic E-state index is 14.4. The highest BCUT2D eigenvalue weighted by atomic mass is 35.5. The van der Waals surface area contributed by atoms with Gasteiger partial charge in [0.2, 0.25) is 17.7 Å². The third kappa shape index (κ3) is 17.2. The summed E-state index contributed by atoms with van der Waals surface area (Å²) in [6.07, 6.45) is 6.74. The fraction of sp³-hybridized carbons (Fsp3) is 0.648. The molecule has 24 heteroatoms. The number of carbonyl (C=O) groups is 7. The number of rotatable bonds is 18. The van der Waals surface area contributed by atoms with Crippen LogP contribution in [0.25, 0.3) is 0 Å². The molecule has 3 heterocycles. The summed E-state index contributed by atoms with van der Waals surface area (Å²) in [5.41, 5.74) is -1.22. The Hall–Kier alpha value is -5.59. The van der Waals surface area contributed by atoms with Crippen molar-refractivity contribution in [2.45, 2.75) is 133 Å². The predicted octanol–water partition coefficient (Wildman–Crippen LogP) is 5.40. The van der Waals surface area contributed by atoms with Gasteiger partial charge in [0.15, 0.2) is 5.72 Å². The van der Waals surface area contributed by atoms with E-state index in [0.717, 1.165) is 28.9 Å². The molecule has 3 aliphatic heterocycles. The minimum absolute atomic E-state index is 0.00195. The number of anilines is 1. The Morgan fingerprint density at radius 3 is 2.45 bits per heavy atom. The van der Waals surface area contributed by atoms with E-state index in [1.165, 1.54) is 68.7 Å². The maximum Gasteiger partial charge on any atom is 0.410 e. The molecule has 2 fully saturated rings. The van der Waals surface area contributed by atoms with Gasteiger partial charge < -0.3 is 67.9 Å². The Bertz CT molecular complexity index is 2390. The minimum atomic E-state index is -1.89. The van der Waals surface area contributed by atoms with Gasteiger partial charge in [0, 0.05) is 67.3 Å². The van der Waals surface area contributed by atoms with Crippen molar-refractivity contribution in [3.05, 3.63) is 58.7 Å². The first-order chi connectivity index (χ1) is 36.9. The van der Waals surface area contributed by atoms with Crippen LogP contribution >= 0.6 is 23.4 Å². The van der Waals surface area contributed by atoms with Crippen molar-refractivity contribution >= 4 is 71.0 Å². The molecular weight excluding hydrogens is 1060 g/mol. The van der Waals surface area contributed by atoms with Gasteiger partial charge in [-0.25, -0.2) is 19.2 Å². The van der Waals surface area contributed by atoms with E-state index < -0.39 is 96.3 Å². The van der Waals surface area contributed by atoms with Gasteiger partial charge in [0.05, 0.1) is 50.2 Å². The first-order valence-electron chi connectivity index (χ1n) is 26.1. The van der Waals surface area contributed by atoms with E-state index in [9.17, 15) is 38.7 Å². The van der Waals surface area contributed by atoms with E-state index in [0.29, 0.717) is 49.6 Å². The molecule has 0 saturated carbocycles. The number of nitrogens with one attached hydrogen (secondary N) is 2. The number of likely N-dealkylation sites (N-methyl/N-ethyl adjacent to an activating group) is 3. The van der Waals surface area contributed by atoms with Crippen LogP contribution in [0.15, 0.2) is 48.1 Å². The molecule has 434 valence electrons. The molecule has 3 N–H and O–H groups in total. The number of hydrogen-bond acceptors (Lipinski definition) is 17. The fourth-order valence-corrected chi connectivity index (χ4v) is 10.1. The van der Waals surface area contributed by atoms with E-state index in [1.807, 2.05) is 31.4 Å². The Morgan fingerprint density at radius 2 is 1.76 bits per heavy atom. The lowest BCUT2D eigenvalue weighted by molar-refractivity contribution is -0.162. The second-order valence-electron chi connectivity index (χ2n) is 20.4. The van der Waals surface area contributed by atoms with E-state index in [4.69, 9.17) is 49.5 Å². The predicted molar refractivity (Wildman–Crippen MR) is 291 cm³/mol. The first-order valence-corrected chi connectivity index (χ1v) is 27.9. The molecule has 2 saturated heterocycles. The van der Waals surface area contributed by atoms with Crippen LogP contribution in [0.1, 0.15) is 78.2 Å². The lowest BCUT2D eigenvalue weighted by Gasteiger charge is -2.42. The summed E-state index contributed by atoms with van der Waals surface area (Å²) >= 11 is 8.27. The number of aliphatic hydroxyl groups is 1. The molecule has 3 unspecified atom stereocenters. The second kappa shape index (κ2) is 29.0. The number of carbonyl (C=O) groups excluding carboxylic acids is 7. The van der Waals surface area contributed by atoms with Crippen molar-refractivity contribution in [2.24, 2.45) is 5.92 Å². The standard InChI is InChI=1S/C54H79ClN6O16S/c1-33-15-12-20-42(71-10)54(69)31-41(75-50(66)57-54)34(2)48-53(4,77-48)43(30-46(64)61(8)39-28-36(27-33)29-40(70-9)47(39)55)76-49(65)35(3)60(7)45(63)21-25-73-51(67)58(5)23-24-59(6)52(68)74-38-18-13-16-37(17-14-19-38)72-26-22-56-44(62)32-78-11/h12-13,15,18,20,28-29,34-35,37-38,41-43,48,69H,14,16-17,19,21-27,30-32H2,1-11H3,(H,56,62)(H,57,66)/b18-13+,20-12+,33-15+/t34-,35+,37?,38?,41+,42-,43+,48?,53+,54+/m1/s1. The number of hydrogen-bond donors (Lipinski definition) is 3. The van der Waals surface area contributed by atoms with E-state index in [2.05, 4.69) is 10.6 Å². The summed E-state index contributed by atoms with van der Waals surface area (Å²) in [5.74, 6) is -1.81. The highest BCUT2D eigenvalue weighted by Gasteiger charge is 2.64. The van der Waals surface area contributed by atoms with Crippen molar-refractivity contribution in [3.8, 4) is 5.75 Å². The van der Waals surface area contributed by atoms with Crippen LogP contribution in [0, 0.1) is 5.92 Å². The number of epoxide rings is 1. The third-order valence-corrected chi connectivity index (χ3v) is 15.5. The van der Waals surface area contributed by atoms with Crippen LogP contribution in [0.5, 0.6) is 5.75 Å². The molecular formula is C54H79ClN6O16S. The Labute approximate surface area is 466 Å². The molecule has 6 amide bonds. The number of fused-ring (bicyclic) bond motifs is 5. The van der Waals surface area contributed by atoms with Gasteiger partial charge in [-0.15, -0.1) is 0 Å². The summed E-state index contributed by atoms with van der Waals surface area (Å²) in [5, 5.41) is 17.4. The topological polar surface area (TPSA) is 254 Å². The molecule has 1 aromatic rings. The number of nitrogens with zero attached hydrogens (tertiary/aromatic N) is 4. The van der Waals surface area contributed by atoms with Gasteiger partial charge in [0.1, 0.15) is 53.4 Å². The van der Waals surface area contributed by atoms with Crippen LogP contribution in [0.4, 0.5) is 20.1 Å². The molecule has 0 radical (unpaired) electrons. The van der Waals surface area contributed by atoms with Gasteiger partial charge in [-0.05, 0) is 82.9 Å². The van der Waals surface area contributed by atoms with E-state index >= 15 is 0 Å². The van der Waals surface area contributed by atoms with Crippen LogP contribution in [-0.4, -0.2) is 203 Å². The molecule has 78 heavy (non-hydrogen) atoms. The Kier molecular flexibility index (Phi) is 23.5. The normalized spacial score (nSPS) is 28.2. The largest absolute Gasteiger partial charge is 0.495 e. The first kappa shape index (κ1) is 63.2. The Balaban J connectivity index is 1.17. The number of thioether (sulfide) groups is 1. The molecule has 5 rings (SSSR count). The highest BCUT2D eigenvalue weighted by molar-refractivity contribution is 7.99. The average molecular weight is 1140 g/mol. The lowest BCUT2D eigenvalue weighted by atomic mass is 9.83. The molecule has 1 aromatic carbocycles. The van der Waals surface area contributed by atoms with Gasteiger partial charge >= 0.3 is 24.2 Å². The quantitative estimate of drug-likeness (QED) is 0.0547. The smallest absolute Gasteiger partial charge is 0.410 e. The zero-order chi connectivity index (χ0) is 57.5. The summed E-state index contributed by atoms with van der Waals surface area (Å²) in [4.78, 5) is 97.6. The van der Waals surface area contributed by atoms with Gasteiger partial charge in [-0.1, -0.05) is 48.4 Å². The van der Waals surface area contributed by atoms with Crippen molar-refractivity contribution in [1.29, 1.82) is 0 Å². The van der Waals surface area contributed by atoms with E-state index in [-0.39, 0.29) is 49.6 Å². The fourth-order valence-electron chi connectivity index (χ4n) is 9.42. The Morgan fingerprint density at radius 1 is 1.04 bits per heavy atom. The van der Waals surface area contributed by atoms with Gasteiger partial charge in [-0.3, -0.25) is 19.7 Å². The number of methoxy groups -OCH3 is 2. The summed E-state index contributed by atoms with van der Waals surface area (Å²) in [6, 6.07) is 2.33. The second-order valence-corrected chi connectivity index (χ2v) is 21.6. The van der Waals surface area contributed by atoms with Gasteiger partial charge in [-0.2, -0.15) is 11.8 Å². The molecule has 4 bridgehead atoms. The third-order valence-electron chi connectivity index (χ3n) is 14.5. The number of ether oxygens (including phenoxy) is 8. The van der Waals surface area contributed by atoms with Crippen molar-refractivity contribution < 1.29 is 76.6 Å². The van der Waals surface area contributed by atoms with Crippen LogP contribution in [0.3, 0.4) is 0 Å². The van der Waals surface area contributed by atoms with Crippen molar-refractivity contribution in [2.75, 3.05) is 92.2 Å². The minimum Gasteiger partial charge on any atom is -0.495 e. The lowest BCUT2D eigenvalue weighted by Crippen LogP contribution is -2.63. The van der Waals surface area contributed by atoms with Crippen LogP contribution < -0.4 is 20.3 Å². The summed E-state index contributed by atoms with van der Waals surface area (Å²) < 4.78 is 46.4. The summed E-state index contributed by atoms with van der Waals surface area (Å²) in [7, 11) is 8.86. The van der Waals surface area contributed by atoms with Crippen LogP contribution in [-0.2, 0) is 58.8 Å². The summed E-state index contributed by atoms with van der Waals surface area (Å²) in [6.45, 7) is 7.55. The van der Waals surface area contributed by atoms with Crippen molar-refractivity contribution in [1.82, 2.24) is 25.3 Å². The molecule has 1 aliphatic carbocycles. The number of alkyl carbamates (subject to hydrolysis) is 1. The van der Waals surface area contributed by atoms with Crippen molar-refractivity contribution in [3.63, 3.8) is 0 Å². The van der Waals surface area contributed by atoms with Crippen LogP contribution in [0.2, 0.25) is 5.02 Å². The van der Waals surface area contributed by atoms with E-state index in [1.54, 1.807) is 45.2 Å². The molecule has 4 aliphatic rings. The number of benzene rings is 1. The molecule has 10 atom stereocenters. The zero-order valence-electron chi connectivity index (χ0n) is 46.7. The van der Waals surface area contributed by atoms with Gasteiger partial charge in [0.25, 0.3) is 0 Å². The molecule has 22 nitrogen and oxygen atoms in total. The number of amides is 6. The maximum absolute atomic E-state index is 14.4. The monoisotopic (exact) mass is 1130 g/mol.